The van der Waals surface area contributed by atoms with Crippen LogP contribution < -0.4 is 5.56 Å². The Bertz CT molecular complexity index is 535. The molecular formula is C10H7BrClNO. The summed E-state index contributed by atoms with van der Waals surface area (Å²) in [6, 6.07) is 7.02. The van der Waals surface area contributed by atoms with Crippen LogP contribution in [0.2, 0.25) is 5.02 Å². The van der Waals surface area contributed by atoms with Crippen molar-refractivity contribution >= 4 is 38.4 Å². The highest BCUT2D eigenvalue weighted by molar-refractivity contribution is 9.08. The zero-order valence-corrected chi connectivity index (χ0v) is 9.52. The fraction of sp³-hybridized carbons (Fsp3) is 0.100. The molecule has 0 saturated carbocycles. The second kappa shape index (κ2) is 3.75. The van der Waals surface area contributed by atoms with Crippen LogP contribution in [-0.2, 0) is 5.33 Å². The van der Waals surface area contributed by atoms with Crippen LogP contribution in [0.25, 0.3) is 10.9 Å². The Morgan fingerprint density at radius 3 is 2.71 bits per heavy atom. The van der Waals surface area contributed by atoms with Crippen molar-refractivity contribution in [3.05, 3.63) is 45.2 Å². The quantitative estimate of drug-likeness (QED) is 0.795. The maximum Gasteiger partial charge on any atom is 0.248 e. The maximum absolute atomic E-state index is 11.1. The number of benzene rings is 1. The van der Waals surface area contributed by atoms with Gasteiger partial charge >= 0.3 is 0 Å². The fourth-order valence-electron chi connectivity index (χ4n) is 1.39. The lowest BCUT2D eigenvalue weighted by molar-refractivity contribution is 1.28. The predicted octanol–water partition coefficient (Wildman–Crippen LogP) is 3.08. The number of alkyl halides is 1. The molecule has 0 unspecified atom stereocenters. The smallest absolute Gasteiger partial charge is 0.248 e. The standard InChI is InChI=1S/C10H7BrClNO/c11-5-7-8(12)3-1-6-2-4-9(14)13-10(6)7/h1-4H,5H2,(H,13,14). The van der Waals surface area contributed by atoms with Crippen molar-refractivity contribution in [3.8, 4) is 0 Å². The molecule has 0 spiro atoms. The van der Waals surface area contributed by atoms with E-state index in [9.17, 15) is 4.79 Å². The number of aromatic nitrogens is 1. The van der Waals surface area contributed by atoms with Gasteiger partial charge in [0.1, 0.15) is 0 Å². The van der Waals surface area contributed by atoms with E-state index in [1.165, 1.54) is 6.07 Å². The molecule has 0 saturated heterocycles. The Kier molecular flexibility index (Phi) is 2.61. The third-order valence-corrected chi connectivity index (χ3v) is 3.00. The van der Waals surface area contributed by atoms with Gasteiger partial charge in [0.05, 0.1) is 5.52 Å². The molecule has 0 amide bonds. The molecule has 0 aliphatic carbocycles. The minimum Gasteiger partial charge on any atom is -0.322 e. The van der Waals surface area contributed by atoms with Gasteiger partial charge in [-0.2, -0.15) is 0 Å². The number of pyridine rings is 1. The fourth-order valence-corrected chi connectivity index (χ4v) is 2.36. The van der Waals surface area contributed by atoms with E-state index < -0.39 is 0 Å². The summed E-state index contributed by atoms with van der Waals surface area (Å²) in [6.45, 7) is 0. The molecule has 72 valence electrons. The van der Waals surface area contributed by atoms with Gasteiger partial charge in [-0.1, -0.05) is 33.6 Å². The van der Waals surface area contributed by atoms with Gasteiger partial charge < -0.3 is 4.98 Å². The second-order valence-corrected chi connectivity index (χ2v) is 3.91. The average Bonchev–Trinajstić information content (AvgIpc) is 2.17. The van der Waals surface area contributed by atoms with Crippen molar-refractivity contribution in [3.63, 3.8) is 0 Å². The highest BCUT2D eigenvalue weighted by atomic mass is 79.9. The van der Waals surface area contributed by atoms with E-state index in [2.05, 4.69) is 20.9 Å². The lowest BCUT2D eigenvalue weighted by Crippen LogP contribution is -2.03. The minimum absolute atomic E-state index is 0.109. The molecule has 2 nitrogen and oxygen atoms in total. The maximum atomic E-state index is 11.1. The molecule has 2 aromatic rings. The lowest BCUT2D eigenvalue weighted by Gasteiger charge is -2.04. The van der Waals surface area contributed by atoms with Crippen LogP contribution in [0.3, 0.4) is 0 Å². The molecule has 1 N–H and O–H groups in total. The molecule has 4 heteroatoms. The van der Waals surface area contributed by atoms with Crippen molar-refractivity contribution in [1.82, 2.24) is 4.98 Å². The number of fused-ring (bicyclic) bond motifs is 1. The molecule has 0 radical (unpaired) electrons. The van der Waals surface area contributed by atoms with Crippen molar-refractivity contribution in [1.29, 1.82) is 0 Å². The van der Waals surface area contributed by atoms with Crippen LogP contribution in [0.5, 0.6) is 0 Å². The summed E-state index contributed by atoms with van der Waals surface area (Å²) in [6.07, 6.45) is 0. The third kappa shape index (κ3) is 1.57. The SMILES string of the molecule is O=c1ccc2ccc(Cl)c(CBr)c2[nH]1. The summed E-state index contributed by atoms with van der Waals surface area (Å²) in [4.78, 5) is 13.9. The zero-order valence-electron chi connectivity index (χ0n) is 7.18. The van der Waals surface area contributed by atoms with E-state index in [1.807, 2.05) is 12.1 Å². The Hall–Kier alpha value is -0.800. The van der Waals surface area contributed by atoms with Gasteiger partial charge in [0.15, 0.2) is 0 Å². The normalized spacial score (nSPS) is 10.7. The van der Waals surface area contributed by atoms with Crippen molar-refractivity contribution < 1.29 is 0 Å². The van der Waals surface area contributed by atoms with E-state index in [-0.39, 0.29) is 5.56 Å². The van der Waals surface area contributed by atoms with Crippen molar-refractivity contribution in [2.24, 2.45) is 0 Å². The number of hydrogen-bond donors (Lipinski definition) is 1. The van der Waals surface area contributed by atoms with Gasteiger partial charge in [0.25, 0.3) is 0 Å². The summed E-state index contributed by atoms with van der Waals surface area (Å²) in [5, 5.41) is 2.28. The van der Waals surface area contributed by atoms with Gasteiger partial charge in [-0.05, 0) is 17.5 Å². The first kappa shape index (κ1) is 9.74. The predicted molar refractivity (Wildman–Crippen MR) is 62.2 cm³/mol. The summed E-state index contributed by atoms with van der Waals surface area (Å²) in [7, 11) is 0. The Balaban J connectivity index is 2.91. The first-order valence-corrected chi connectivity index (χ1v) is 5.58. The van der Waals surface area contributed by atoms with Crippen LogP contribution in [0.15, 0.2) is 29.1 Å². The van der Waals surface area contributed by atoms with Gasteiger partial charge in [-0.3, -0.25) is 4.79 Å². The minimum atomic E-state index is -0.109. The van der Waals surface area contributed by atoms with Crippen LogP contribution in [0.1, 0.15) is 5.56 Å². The van der Waals surface area contributed by atoms with Crippen molar-refractivity contribution in [2.45, 2.75) is 5.33 Å². The van der Waals surface area contributed by atoms with Gasteiger partial charge in [-0.25, -0.2) is 0 Å². The number of nitrogens with one attached hydrogen (secondary N) is 1. The van der Waals surface area contributed by atoms with E-state index in [4.69, 9.17) is 11.6 Å². The van der Waals surface area contributed by atoms with Crippen LogP contribution in [0.4, 0.5) is 0 Å². The van der Waals surface area contributed by atoms with Crippen LogP contribution in [0, 0.1) is 0 Å². The topological polar surface area (TPSA) is 32.9 Å². The van der Waals surface area contributed by atoms with E-state index in [0.29, 0.717) is 10.4 Å². The highest BCUT2D eigenvalue weighted by Crippen LogP contribution is 2.25. The molecule has 0 atom stereocenters. The molecule has 0 aliphatic heterocycles. The molecular weight excluding hydrogens is 265 g/mol. The van der Waals surface area contributed by atoms with Gasteiger partial charge in [-0.15, -0.1) is 0 Å². The van der Waals surface area contributed by atoms with E-state index in [1.54, 1.807) is 6.07 Å². The number of H-pyrrole nitrogens is 1. The van der Waals surface area contributed by atoms with E-state index in [0.717, 1.165) is 16.5 Å². The van der Waals surface area contributed by atoms with Crippen LogP contribution >= 0.6 is 27.5 Å². The monoisotopic (exact) mass is 271 g/mol. The number of hydrogen-bond acceptors (Lipinski definition) is 1. The molecule has 1 aromatic heterocycles. The largest absolute Gasteiger partial charge is 0.322 e. The molecule has 0 bridgehead atoms. The first-order valence-electron chi connectivity index (χ1n) is 4.09. The molecule has 1 aromatic carbocycles. The van der Waals surface area contributed by atoms with Gasteiger partial charge in [0, 0.05) is 22.0 Å². The Morgan fingerprint density at radius 1 is 1.29 bits per heavy atom. The Labute approximate surface area is 94.0 Å². The highest BCUT2D eigenvalue weighted by Gasteiger charge is 2.05. The number of rotatable bonds is 1. The molecule has 14 heavy (non-hydrogen) atoms. The number of aromatic amines is 1. The summed E-state index contributed by atoms with van der Waals surface area (Å²) >= 11 is 9.35. The average molecular weight is 273 g/mol. The van der Waals surface area contributed by atoms with Crippen LogP contribution in [-0.4, -0.2) is 4.98 Å². The first-order chi connectivity index (χ1) is 6.72. The Morgan fingerprint density at radius 2 is 2.00 bits per heavy atom. The second-order valence-electron chi connectivity index (χ2n) is 2.95. The van der Waals surface area contributed by atoms with Crippen molar-refractivity contribution in [2.75, 3.05) is 0 Å². The molecule has 1 heterocycles. The molecule has 0 fully saturated rings. The number of halogens is 2. The zero-order chi connectivity index (χ0) is 10.1. The van der Waals surface area contributed by atoms with E-state index >= 15 is 0 Å². The third-order valence-electron chi connectivity index (χ3n) is 2.08. The molecule has 2 rings (SSSR count). The summed E-state index contributed by atoms with van der Waals surface area (Å²) in [5.41, 5.74) is 1.62. The summed E-state index contributed by atoms with van der Waals surface area (Å²) in [5.74, 6) is 0. The van der Waals surface area contributed by atoms with Gasteiger partial charge in [0.2, 0.25) is 5.56 Å². The summed E-state index contributed by atoms with van der Waals surface area (Å²) < 4.78 is 0. The lowest BCUT2D eigenvalue weighted by atomic mass is 10.1. The molecule has 0 aliphatic rings.